The lowest BCUT2D eigenvalue weighted by Gasteiger charge is -2.12. The van der Waals surface area contributed by atoms with Gasteiger partial charge in [-0.1, -0.05) is 48.5 Å². The van der Waals surface area contributed by atoms with Crippen LogP contribution in [-0.4, -0.2) is 33.4 Å². The van der Waals surface area contributed by atoms with Gasteiger partial charge in [-0.25, -0.2) is 21.9 Å². The summed E-state index contributed by atoms with van der Waals surface area (Å²) in [5, 5.41) is 0. The molecule has 8 nitrogen and oxygen atoms in total. The van der Waals surface area contributed by atoms with E-state index < -0.39 is 38.4 Å². The van der Waals surface area contributed by atoms with Gasteiger partial charge in [0.05, 0.1) is 4.90 Å². The predicted octanol–water partition coefficient (Wildman–Crippen LogP) is 2.53. The van der Waals surface area contributed by atoms with Gasteiger partial charge in [0.1, 0.15) is 5.75 Å². The van der Waals surface area contributed by atoms with Crippen LogP contribution >= 0.6 is 0 Å². The van der Waals surface area contributed by atoms with Crippen LogP contribution in [0.15, 0.2) is 77.7 Å². The number of amides is 2. The lowest BCUT2D eigenvalue weighted by atomic mass is 10.1. The van der Waals surface area contributed by atoms with Crippen molar-refractivity contribution >= 4 is 21.8 Å². The van der Waals surface area contributed by atoms with Gasteiger partial charge < -0.3 is 4.74 Å². The molecule has 0 radical (unpaired) electrons. The highest BCUT2D eigenvalue weighted by molar-refractivity contribution is 7.89. The standard InChI is InChI=1S/C23H21F2N3O5S/c24-19-11-10-17(14-20(19)25)34(31,32)26-13-12-22(29)27-28-23(30)15-33-21-9-5-4-8-18(21)16-6-2-1-3-7-16/h1-11,14,26H,12-13,15H2,(H,27,29)(H,28,30). The van der Waals surface area contributed by atoms with Crippen LogP contribution in [0.5, 0.6) is 5.75 Å². The zero-order valence-electron chi connectivity index (χ0n) is 17.8. The minimum absolute atomic E-state index is 0.319. The molecule has 11 heteroatoms. The third-order valence-corrected chi connectivity index (χ3v) is 5.98. The summed E-state index contributed by atoms with van der Waals surface area (Å²) in [5.41, 5.74) is 6.03. The summed E-state index contributed by atoms with van der Waals surface area (Å²) >= 11 is 0. The number of para-hydroxylation sites is 1. The van der Waals surface area contributed by atoms with Gasteiger partial charge >= 0.3 is 0 Å². The molecular weight excluding hydrogens is 468 g/mol. The molecule has 0 aliphatic heterocycles. The van der Waals surface area contributed by atoms with Crippen molar-refractivity contribution < 1.29 is 31.5 Å². The number of carbonyl (C=O) groups is 2. The molecule has 2 amide bonds. The number of hydrogen-bond donors (Lipinski definition) is 3. The molecule has 0 spiro atoms. The molecule has 0 aromatic heterocycles. The smallest absolute Gasteiger partial charge is 0.276 e. The van der Waals surface area contributed by atoms with Gasteiger partial charge in [0.25, 0.3) is 5.91 Å². The Hall–Kier alpha value is -3.83. The Bertz CT molecular complexity index is 1270. The van der Waals surface area contributed by atoms with E-state index in [0.717, 1.165) is 17.2 Å². The molecule has 0 fully saturated rings. The summed E-state index contributed by atoms with van der Waals surface area (Å²) in [6, 6.07) is 18.8. The second-order valence-corrected chi connectivity index (χ2v) is 8.74. The van der Waals surface area contributed by atoms with E-state index in [1.807, 2.05) is 42.5 Å². The van der Waals surface area contributed by atoms with Gasteiger partial charge in [-0.3, -0.25) is 20.4 Å². The molecule has 3 aromatic carbocycles. The molecule has 34 heavy (non-hydrogen) atoms. The highest BCUT2D eigenvalue weighted by atomic mass is 32.2. The number of nitrogens with one attached hydrogen (secondary N) is 3. The van der Waals surface area contributed by atoms with E-state index in [4.69, 9.17) is 4.74 Å². The minimum atomic E-state index is -4.14. The first-order chi connectivity index (χ1) is 16.3. The Labute approximate surface area is 195 Å². The van der Waals surface area contributed by atoms with Gasteiger partial charge in [-0.05, 0) is 29.8 Å². The molecule has 0 saturated carbocycles. The van der Waals surface area contributed by atoms with E-state index in [9.17, 15) is 26.8 Å². The van der Waals surface area contributed by atoms with Crippen LogP contribution in [-0.2, 0) is 19.6 Å². The summed E-state index contributed by atoms with van der Waals surface area (Å²) in [7, 11) is -4.14. The van der Waals surface area contributed by atoms with Crippen LogP contribution in [0, 0.1) is 11.6 Å². The summed E-state index contributed by atoms with van der Waals surface area (Å²) < 4.78 is 58.0. The van der Waals surface area contributed by atoms with Gasteiger partial charge in [-0.15, -0.1) is 0 Å². The van der Waals surface area contributed by atoms with Gasteiger partial charge in [0.15, 0.2) is 18.2 Å². The predicted molar refractivity (Wildman–Crippen MR) is 120 cm³/mol. The highest BCUT2D eigenvalue weighted by Crippen LogP contribution is 2.29. The lowest BCUT2D eigenvalue weighted by Crippen LogP contribution is -2.44. The summed E-state index contributed by atoms with van der Waals surface area (Å²) in [6.45, 7) is -0.698. The summed E-state index contributed by atoms with van der Waals surface area (Å²) in [6.07, 6.45) is -0.319. The second-order valence-electron chi connectivity index (χ2n) is 6.97. The fourth-order valence-corrected chi connectivity index (χ4v) is 3.90. The van der Waals surface area contributed by atoms with E-state index in [-0.39, 0.29) is 19.6 Å². The van der Waals surface area contributed by atoms with Crippen LogP contribution in [0.4, 0.5) is 8.78 Å². The Kier molecular flexibility index (Phi) is 8.28. The second kappa shape index (κ2) is 11.3. The Balaban J connectivity index is 1.43. The van der Waals surface area contributed by atoms with Crippen molar-refractivity contribution in [1.82, 2.24) is 15.6 Å². The summed E-state index contributed by atoms with van der Waals surface area (Å²) in [5.74, 6) is -3.30. The number of halogens is 2. The molecular formula is C23H21F2N3O5S. The fourth-order valence-electron chi connectivity index (χ4n) is 2.86. The van der Waals surface area contributed by atoms with Crippen molar-refractivity contribution in [3.05, 3.63) is 84.4 Å². The van der Waals surface area contributed by atoms with Crippen molar-refractivity contribution in [2.45, 2.75) is 11.3 Å². The molecule has 3 aromatic rings. The van der Waals surface area contributed by atoms with Crippen molar-refractivity contribution in [2.75, 3.05) is 13.2 Å². The zero-order valence-corrected chi connectivity index (χ0v) is 18.6. The van der Waals surface area contributed by atoms with Crippen molar-refractivity contribution in [2.24, 2.45) is 0 Å². The first-order valence-electron chi connectivity index (χ1n) is 10.1. The van der Waals surface area contributed by atoms with Crippen LogP contribution < -0.4 is 20.3 Å². The number of rotatable bonds is 9. The van der Waals surface area contributed by atoms with Crippen molar-refractivity contribution in [1.29, 1.82) is 0 Å². The molecule has 0 saturated heterocycles. The third kappa shape index (κ3) is 6.83. The molecule has 0 unspecified atom stereocenters. The maximum atomic E-state index is 13.2. The SMILES string of the molecule is O=C(CCNS(=O)(=O)c1ccc(F)c(F)c1)NNC(=O)COc1ccccc1-c1ccccc1. The van der Waals surface area contributed by atoms with E-state index in [0.29, 0.717) is 17.9 Å². The maximum Gasteiger partial charge on any atom is 0.276 e. The first-order valence-corrected chi connectivity index (χ1v) is 11.5. The molecule has 3 rings (SSSR count). The van der Waals surface area contributed by atoms with Gasteiger partial charge in [-0.2, -0.15) is 0 Å². The van der Waals surface area contributed by atoms with Crippen LogP contribution in [0.25, 0.3) is 11.1 Å². The summed E-state index contributed by atoms with van der Waals surface area (Å²) in [4.78, 5) is 23.4. The largest absolute Gasteiger partial charge is 0.483 e. The number of benzene rings is 3. The zero-order chi connectivity index (χ0) is 24.6. The van der Waals surface area contributed by atoms with Crippen molar-refractivity contribution in [3.8, 4) is 16.9 Å². The molecule has 0 bridgehead atoms. The molecule has 0 atom stereocenters. The molecule has 0 heterocycles. The van der Waals surface area contributed by atoms with Crippen LogP contribution in [0.3, 0.4) is 0 Å². The number of carbonyl (C=O) groups excluding carboxylic acids is 2. The number of ether oxygens (including phenoxy) is 1. The van der Waals surface area contributed by atoms with Crippen LogP contribution in [0.2, 0.25) is 0 Å². The van der Waals surface area contributed by atoms with Gasteiger partial charge in [0, 0.05) is 18.5 Å². The van der Waals surface area contributed by atoms with E-state index in [1.54, 1.807) is 12.1 Å². The van der Waals surface area contributed by atoms with Crippen LogP contribution in [0.1, 0.15) is 6.42 Å². The Morgan fingerprint density at radius 2 is 1.50 bits per heavy atom. The van der Waals surface area contributed by atoms with E-state index in [2.05, 4.69) is 15.6 Å². The average molecular weight is 490 g/mol. The molecule has 0 aliphatic rings. The minimum Gasteiger partial charge on any atom is -0.483 e. The normalized spacial score (nSPS) is 11.0. The van der Waals surface area contributed by atoms with Gasteiger partial charge in [0.2, 0.25) is 15.9 Å². The molecule has 0 aliphatic carbocycles. The number of hydrazine groups is 1. The molecule has 178 valence electrons. The quantitative estimate of drug-likeness (QED) is 0.400. The fraction of sp³-hybridized carbons (Fsp3) is 0.130. The Morgan fingerprint density at radius 1 is 0.824 bits per heavy atom. The third-order valence-electron chi connectivity index (χ3n) is 4.52. The topological polar surface area (TPSA) is 114 Å². The monoisotopic (exact) mass is 489 g/mol. The highest BCUT2D eigenvalue weighted by Gasteiger charge is 2.17. The Morgan fingerprint density at radius 3 is 2.24 bits per heavy atom. The first kappa shape index (κ1) is 24.8. The number of sulfonamides is 1. The number of hydrogen-bond acceptors (Lipinski definition) is 5. The average Bonchev–Trinajstić information content (AvgIpc) is 2.83. The van der Waals surface area contributed by atoms with E-state index in [1.165, 1.54) is 0 Å². The lowest BCUT2D eigenvalue weighted by molar-refractivity contribution is -0.129. The maximum absolute atomic E-state index is 13.2. The van der Waals surface area contributed by atoms with E-state index >= 15 is 0 Å². The molecule has 3 N–H and O–H groups in total. The van der Waals surface area contributed by atoms with Crippen molar-refractivity contribution in [3.63, 3.8) is 0 Å².